The number of ether oxygens (including phenoxy) is 1. The molecule has 7 nitrogen and oxygen atoms in total. The van der Waals surface area contributed by atoms with Gasteiger partial charge in [0.05, 0.1) is 23.0 Å². The summed E-state index contributed by atoms with van der Waals surface area (Å²) in [4.78, 5) is 0. The number of aliphatic hydroxyl groups excluding tert-OH is 1. The third kappa shape index (κ3) is 5.47. The van der Waals surface area contributed by atoms with Crippen molar-refractivity contribution in [2.75, 3.05) is 13.2 Å². The minimum atomic E-state index is -0.816. The average molecular weight is 580 g/mol. The highest BCUT2D eigenvalue weighted by Crippen LogP contribution is 2.37. The third-order valence-corrected chi connectivity index (χ3v) is 6.57. The van der Waals surface area contributed by atoms with Gasteiger partial charge in [-0.25, -0.2) is 4.68 Å². The maximum absolute atomic E-state index is 9.05. The second kappa shape index (κ2) is 10.8. The zero-order valence-corrected chi connectivity index (χ0v) is 22.7. The number of aliphatic hydroxyl groups is 1. The van der Waals surface area contributed by atoms with Crippen LogP contribution in [0, 0.1) is 0 Å². The molecule has 0 saturated heterocycles. The van der Waals surface area contributed by atoms with Gasteiger partial charge in [-0.1, -0.05) is 58.2 Å². The van der Waals surface area contributed by atoms with Crippen LogP contribution in [0.25, 0.3) is 28.5 Å². The maximum Gasteiger partial charge on any atom is 0.268 e. The molecule has 35 heavy (non-hydrogen) atoms. The van der Waals surface area contributed by atoms with Crippen molar-refractivity contribution in [1.82, 2.24) is 20.0 Å². The Morgan fingerprint density at radius 3 is 2.51 bits per heavy atom. The molecule has 184 valence electrons. The Kier molecular flexibility index (Phi) is 7.98. The molecule has 0 aliphatic carbocycles. The van der Waals surface area contributed by atoms with Crippen LogP contribution in [0.4, 0.5) is 0 Å². The summed E-state index contributed by atoms with van der Waals surface area (Å²) < 4.78 is 14.7. The molecule has 0 aliphatic heterocycles. The molecule has 2 aromatic carbocycles. The Bertz CT molecular complexity index is 1320. The Hall–Kier alpha value is -2.23. The van der Waals surface area contributed by atoms with Gasteiger partial charge in [0.15, 0.2) is 5.69 Å². The van der Waals surface area contributed by atoms with Gasteiger partial charge in [-0.15, -0.1) is 10.2 Å². The van der Waals surface area contributed by atoms with Gasteiger partial charge in [-0.2, -0.15) is 5.10 Å². The first-order chi connectivity index (χ1) is 16.7. The molecule has 4 aromatic rings. The summed E-state index contributed by atoms with van der Waals surface area (Å²) in [5.41, 5.74) is 3.21. The molecule has 2 aromatic heterocycles. The second-order valence-corrected chi connectivity index (χ2v) is 10.2. The SMILES string of the molecule is CCc1c(-c2nnc(C(C)(C)OCCCO)o2)nn(-c2ccc(Cl)cc2Cl)c1-c1ccc(Br)cc1. The summed E-state index contributed by atoms with van der Waals surface area (Å²) in [6.45, 7) is 6.17. The highest BCUT2D eigenvalue weighted by Gasteiger charge is 2.31. The van der Waals surface area contributed by atoms with Crippen LogP contribution in [0.2, 0.25) is 10.0 Å². The first kappa shape index (κ1) is 25.9. The molecule has 0 aliphatic rings. The number of aromatic nitrogens is 4. The van der Waals surface area contributed by atoms with Gasteiger partial charge >= 0.3 is 0 Å². The van der Waals surface area contributed by atoms with E-state index in [1.165, 1.54) is 0 Å². The lowest BCUT2D eigenvalue weighted by molar-refractivity contribution is -0.0446. The van der Waals surface area contributed by atoms with Crippen molar-refractivity contribution < 1.29 is 14.3 Å². The first-order valence-electron chi connectivity index (χ1n) is 11.2. The van der Waals surface area contributed by atoms with E-state index in [4.69, 9.17) is 42.6 Å². The molecular formula is C25H25BrCl2N4O3. The van der Waals surface area contributed by atoms with Crippen LogP contribution in [-0.2, 0) is 16.8 Å². The van der Waals surface area contributed by atoms with E-state index in [1.807, 2.05) is 44.2 Å². The number of nitrogens with zero attached hydrogens (tertiary/aromatic N) is 4. The minimum absolute atomic E-state index is 0.0501. The summed E-state index contributed by atoms with van der Waals surface area (Å²) in [6.07, 6.45) is 1.19. The number of benzene rings is 2. The quantitative estimate of drug-likeness (QED) is 0.218. The van der Waals surface area contributed by atoms with E-state index in [1.54, 1.807) is 16.8 Å². The van der Waals surface area contributed by atoms with Gasteiger partial charge in [0.2, 0.25) is 5.89 Å². The van der Waals surface area contributed by atoms with Crippen molar-refractivity contribution in [3.05, 3.63) is 68.4 Å². The van der Waals surface area contributed by atoms with Crippen molar-refractivity contribution in [2.45, 2.75) is 39.2 Å². The van der Waals surface area contributed by atoms with Crippen LogP contribution >= 0.6 is 39.1 Å². The number of rotatable bonds is 9. The largest absolute Gasteiger partial charge is 0.416 e. The predicted molar refractivity (Wildman–Crippen MR) is 140 cm³/mol. The molecule has 0 amide bonds. The molecule has 0 fully saturated rings. The summed E-state index contributed by atoms with van der Waals surface area (Å²) in [6, 6.07) is 13.3. The van der Waals surface area contributed by atoms with E-state index in [2.05, 4.69) is 33.1 Å². The molecule has 1 N–H and O–H groups in total. The normalized spacial score (nSPS) is 11.9. The van der Waals surface area contributed by atoms with Crippen LogP contribution in [-0.4, -0.2) is 38.3 Å². The molecule has 2 heterocycles. The molecule has 10 heteroatoms. The fourth-order valence-electron chi connectivity index (χ4n) is 3.70. The molecule has 0 radical (unpaired) electrons. The first-order valence-corrected chi connectivity index (χ1v) is 12.7. The number of hydrogen-bond donors (Lipinski definition) is 1. The topological polar surface area (TPSA) is 86.2 Å². The highest BCUT2D eigenvalue weighted by molar-refractivity contribution is 9.10. The summed E-state index contributed by atoms with van der Waals surface area (Å²) in [5.74, 6) is 0.620. The molecule has 4 rings (SSSR count). The lowest BCUT2D eigenvalue weighted by Crippen LogP contribution is -2.23. The van der Waals surface area contributed by atoms with Crippen molar-refractivity contribution in [2.24, 2.45) is 0 Å². The van der Waals surface area contributed by atoms with Crippen molar-refractivity contribution in [1.29, 1.82) is 0 Å². The van der Waals surface area contributed by atoms with E-state index in [-0.39, 0.29) is 12.5 Å². The van der Waals surface area contributed by atoms with Crippen LogP contribution in [0.1, 0.15) is 38.6 Å². The molecule has 0 bridgehead atoms. The minimum Gasteiger partial charge on any atom is -0.416 e. The smallest absolute Gasteiger partial charge is 0.268 e. The fourth-order valence-corrected chi connectivity index (χ4v) is 4.46. The van der Waals surface area contributed by atoms with Crippen LogP contribution in [0.15, 0.2) is 51.4 Å². The maximum atomic E-state index is 9.05. The molecule has 0 atom stereocenters. The summed E-state index contributed by atoms with van der Waals surface area (Å²) in [5, 5.41) is 23.5. The summed E-state index contributed by atoms with van der Waals surface area (Å²) >= 11 is 16.2. The van der Waals surface area contributed by atoms with Crippen molar-refractivity contribution in [3.63, 3.8) is 0 Å². The van der Waals surface area contributed by atoms with E-state index in [9.17, 15) is 0 Å². The molecule has 0 saturated carbocycles. The monoisotopic (exact) mass is 578 g/mol. The zero-order valence-electron chi connectivity index (χ0n) is 19.6. The predicted octanol–water partition coefficient (Wildman–Crippen LogP) is 6.86. The fraction of sp³-hybridized carbons (Fsp3) is 0.320. The van der Waals surface area contributed by atoms with E-state index >= 15 is 0 Å². The molecule has 0 spiro atoms. The lowest BCUT2D eigenvalue weighted by atomic mass is 10.0. The lowest BCUT2D eigenvalue weighted by Gasteiger charge is -2.20. The van der Waals surface area contributed by atoms with Gasteiger partial charge in [0.25, 0.3) is 5.89 Å². The zero-order chi connectivity index (χ0) is 25.2. The third-order valence-electron chi connectivity index (χ3n) is 5.50. The van der Waals surface area contributed by atoms with E-state index < -0.39 is 5.60 Å². The van der Waals surface area contributed by atoms with Crippen molar-refractivity contribution in [3.8, 4) is 28.5 Å². The second-order valence-electron chi connectivity index (χ2n) is 8.39. The van der Waals surface area contributed by atoms with Gasteiger partial charge in [-0.3, -0.25) is 0 Å². The van der Waals surface area contributed by atoms with Gasteiger partial charge in [0.1, 0.15) is 5.60 Å². The Labute approximate surface area is 222 Å². The van der Waals surface area contributed by atoms with Crippen molar-refractivity contribution >= 4 is 39.1 Å². The van der Waals surface area contributed by atoms with Gasteiger partial charge in [0, 0.05) is 27.2 Å². The number of hydrogen-bond acceptors (Lipinski definition) is 6. The van der Waals surface area contributed by atoms with Gasteiger partial charge < -0.3 is 14.3 Å². The highest BCUT2D eigenvalue weighted by atomic mass is 79.9. The van der Waals surface area contributed by atoms with E-state index in [0.29, 0.717) is 46.8 Å². The van der Waals surface area contributed by atoms with Crippen LogP contribution in [0.5, 0.6) is 0 Å². The Balaban J connectivity index is 1.86. The standard InChI is InChI=1S/C25H25BrCl2N4O3/c1-4-18-21(23-29-30-24(35-23)25(2,3)34-13-5-12-33)31-32(20-11-10-17(27)14-19(20)28)22(18)15-6-8-16(26)9-7-15/h6-11,14,33H,4-5,12-13H2,1-3H3. The Morgan fingerprint density at radius 1 is 1.11 bits per heavy atom. The average Bonchev–Trinajstić information content (AvgIpc) is 3.45. The van der Waals surface area contributed by atoms with Crippen LogP contribution in [0.3, 0.4) is 0 Å². The molecule has 0 unspecified atom stereocenters. The summed E-state index contributed by atoms with van der Waals surface area (Å²) in [7, 11) is 0. The Morgan fingerprint density at radius 2 is 1.86 bits per heavy atom. The van der Waals surface area contributed by atoms with E-state index in [0.717, 1.165) is 21.3 Å². The van der Waals surface area contributed by atoms with Crippen LogP contribution < -0.4 is 0 Å². The number of halogens is 3. The van der Waals surface area contributed by atoms with Gasteiger partial charge in [-0.05, 0) is 57.0 Å². The molecular weight excluding hydrogens is 555 g/mol.